The van der Waals surface area contributed by atoms with Crippen LogP contribution in [0.15, 0.2) is 18.2 Å². The van der Waals surface area contributed by atoms with Crippen LogP contribution in [0.2, 0.25) is 0 Å². The summed E-state index contributed by atoms with van der Waals surface area (Å²) in [5, 5.41) is 2.99. The van der Waals surface area contributed by atoms with E-state index in [4.69, 9.17) is 11.6 Å². The SMILES string of the molecule is Cc1cc(F)ccc1C(=O)NC(CCCl)C(C)(C)C. The first-order valence-corrected chi connectivity index (χ1v) is 6.92. The molecule has 106 valence electrons. The number of amides is 1. The molecule has 0 aliphatic rings. The maximum Gasteiger partial charge on any atom is 0.251 e. The number of hydrogen-bond donors (Lipinski definition) is 1. The van der Waals surface area contributed by atoms with E-state index in [0.717, 1.165) is 0 Å². The first kappa shape index (κ1) is 16.0. The third kappa shape index (κ3) is 4.50. The van der Waals surface area contributed by atoms with Crippen LogP contribution < -0.4 is 5.32 Å². The van der Waals surface area contributed by atoms with Crippen LogP contribution >= 0.6 is 11.6 Å². The first-order chi connectivity index (χ1) is 8.75. The smallest absolute Gasteiger partial charge is 0.251 e. The molecule has 1 atom stereocenters. The van der Waals surface area contributed by atoms with E-state index in [9.17, 15) is 9.18 Å². The van der Waals surface area contributed by atoms with Crippen LogP contribution in [-0.4, -0.2) is 17.8 Å². The summed E-state index contributed by atoms with van der Waals surface area (Å²) in [6.45, 7) is 7.90. The standard InChI is InChI=1S/C15H21ClFNO/c1-10-9-11(17)5-6-12(10)14(19)18-13(7-8-16)15(2,3)4/h5-6,9,13H,7-8H2,1-4H3,(H,18,19). The molecule has 1 aromatic rings. The summed E-state index contributed by atoms with van der Waals surface area (Å²) in [7, 11) is 0. The van der Waals surface area contributed by atoms with Gasteiger partial charge < -0.3 is 5.32 Å². The Hall–Kier alpha value is -1.09. The number of benzene rings is 1. The maximum atomic E-state index is 13.0. The van der Waals surface area contributed by atoms with Crippen molar-refractivity contribution in [2.24, 2.45) is 5.41 Å². The van der Waals surface area contributed by atoms with Crippen LogP contribution in [0.25, 0.3) is 0 Å². The zero-order chi connectivity index (χ0) is 14.6. The van der Waals surface area contributed by atoms with Gasteiger partial charge in [0.2, 0.25) is 0 Å². The average molecular weight is 286 g/mol. The van der Waals surface area contributed by atoms with Gasteiger partial charge in [-0.1, -0.05) is 20.8 Å². The third-order valence-electron chi connectivity index (χ3n) is 3.18. The fraction of sp³-hybridized carbons (Fsp3) is 0.533. The topological polar surface area (TPSA) is 29.1 Å². The van der Waals surface area contributed by atoms with Crippen LogP contribution in [0, 0.1) is 18.2 Å². The van der Waals surface area contributed by atoms with E-state index in [1.54, 1.807) is 6.92 Å². The van der Waals surface area contributed by atoms with Gasteiger partial charge in [0.1, 0.15) is 5.82 Å². The van der Waals surface area contributed by atoms with Gasteiger partial charge in [0.25, 0.3) is 5.91 Å². The van der Waals surface area contributed by atoms with Gasteiger partial charge in [0.05, 0.1) is 0 Å². The van der Waals surface area contributed by atoms with E-state index in [1.807, 2.05) is 0 Å². The molecule has 1 aromatic carbocycles. The van der Waals surface area contributed by atoms with E-state index in [2.05, 4.69) is 26.1 Å². The Morgan fingerprint density at radius 1 is 1.42 bits per heavy atom. The van der Waals surface area contributed by atoms with Crippen LogP contribution in [-0.2, 0) is 0 Å². The molecule has 0 radical (unpaired) electrons. The molecule has 19 heavy (non-hydrogen) atoms. The Kier molecular flexibility index (Phi) is 5.36. The van der Waals surface area contributed by atoms with Crippen molar-refractivity contribution in [2.75, 3.05) is 5.88 Å². The Morgan fingerprint density at radius 3 is 2.53 bits per heavy atom. The summed E-state index contributed by atoms with van der Waals surface area (Å²) < 4.78 is 13.0. The molecule has 1 unspecified atom stereocenters. The van der Waals surface area contributed by atoms with Crippen molar-refractivity contribution in [3.63, 3.8) is 0 Å². The van der Waals surface area contributed by atoms with Crippen molar-refractivity contribution < 1.29 is 9.18 Å². The predicted molar refractivity (Wildman–Crippen MR) is 77.2 cm³/mol. The summed E-state index contributed by atoms with van der Waals surface area (Å²) in [4.78, 5) is 12.2. The Balaban J connectivity index is 2.88. The number of alkyl halides is 1. The summed E-state index contributed by atoms with van der Waals surface area (Å²) >= 11 is 5.78. The van der Waals surface area contributed by atoms with Gasteiger partial charge in [0, 0.05) is 17.5 Å². The molecule has 0 aliphatic carbocycles. The first-order valence-electron chi connectivity index (χ1n) is 6.38. The van der Waals surface area contributed by atoms with Crippen molar-refractivity contribution in [1.82, 2.24) is 5.32 Å². The Bertz CT molecular complexity index is 454. The minimum atomic E-state index is -0.331. The minimum Gasteiger partial charge on any atom is -0.349 e. The van der Waals surface area contributed by atoms with Crippen LogP contribution in [0.5, 0.6) is 0 Å². The van der Waals surface area contributed by atoms with E-state index >= 15 is 0 Å². The number of halogens is 2. The van der Waals surface area contributed by atoms with Crippen molar-refractivity contribution >= 4 is 17.5 Å². The minimum absolute atomic E-state index is 0.0121. The molecule has 0 bridgehead atoms. The number of carbonyl (C=O) groups excluding carboxylic acids is 1. The molecule has 1 amide bonds. The largest absolute Gasteiger partial charge is 0.349 e. The second-order valence-corrected chi connectivity index (χ2v) is 6.21. The van der Waals surface area contributed by atoms with Gasteiger partial charge >= 0.3 is 0 Å². The second kappa shape index (κ2) is 6.38. The molecule has 1 rings (SSSR count). The molecule has 0 aromatic heterocycles. The highest BCUT2D eigenvalue weighted by molar-refractivity contribution is 6.17. The summed E-state index contributed by atoms with van der Waals surface area (Å²) in [5.74, 6) is -0.0188. The lowest BCUT2D eigenvalue weighted by molar-refractivity contribution is 0.0900. The Morgan fingerprint density at radius 2 is 2.05 bits per heavy atom. The molecule has 0 spiro atoms. The predicted octanol–water partition coefficient (Wildman–Crippen LogP) is 3.91. The zero-order valence-corrected chi connectivity index (χ0v) is 12.6. The van der Waals surface area contributed by atoms with E-state index in [0.29, 0.717) is 23.4 Å². The maximum absolute atomic E-state index is 13.0. The molecule has 0 saturated carbocycles. The van der Waals surface area contributed by atoms with Gasteiger partial charge in [0.15, 0.2) is 0 Å². The average Bonchev–Trinajstić information content (AvgIpc) is 2.26. The second-order valence-electron chi connectivity index (χ2n) is 5.83. The summed E-state index contributed by atoms with van der Waals surface area (Å²) in [6, 6.07) is 4.17. The zero-order valence-electron chi connectivity index (χ0n) is 11.9. The van der Waals surface area contributed by atoms with Gasteiger partial charge in [-0.25, -0.2) is 4.39 Å². The monoisotopic (exact) mass is 285 g/mol. The number of aryl methyl sites for hydroxylation is 1. The van der Waals surface area contributed by atoms with Gasteiger partial charge in [-0.05, 0) is 42.5 Å². The highest BCUT2D eigenvalue weighted by Crippen LogP contribution is 2.23. The van der Waals surface area contributed by atoms with E-state index in [-0.39, 0.29) is 23.2 Å². The van der Waals surface area contributed by atoms with Gasteiger partial charge in [-0.15, -0.1) is 11.6 Å². The molecule has 0 fully saturated rings. The van der Waals surface area contributed by atoms with Gasteiger partial charge in [-0.2, -0.15) is 0 Å². The molecular weight excluding hydrogens is 265 g/mol. The normalized spacial score (nSPS) is 13.2. The van der Waals surface area contributed by atoms with Crippen molar-refractivity contribution in [3.05, 3.63) is 35.1 Å². The third-order valence-corrected chi connectivity index (χ3v) is 3.40. The number of rotatable bonds is 4. The fourth-order valence-corrected chi connectivity index (χ4v) is 2.17. The highest BCUT2D eigenvalue weighted by Gasteiger charge is 2.26. The number of hydrogen-bond acceptors (Lipinski definition) is 1. The van der Waals surface area contributed by atoms with E-state index in [1.165, 1.54) is 18.2 Å². The van der Waals surface area contributed by atoms with Crippen molar-refractivity contribution in [2.45, 2.75) is 40.2 Å². The molecule has 1 N–H and O–H groups in total. The Labute approximate surface area is 119 Å². The lowest BCUT2D eigenvalue weighted by Gasteiger charge is -2.31. The molecular formula is C15H21ClFNO. The summed E-state index contributed by atoms with van der Waals surface area (Å²) in [5.41, 5.74) is 1.07. The van der Waals surface area contributed by atoms with Crippen LogP contribution in [0.1, 0.15) is 43.1 Å². The molecule has 2 nitrogen and oxygen atoms in total. The van der Waals surface area contributed by atoms with Crippen molar-refractivity contribution in [1.29, 1.82) is 0 Å². The lowest BCUT2D eigenvalue weighted by atomic mass is 9.85. The summed E-state index contributed by atoms with van der Waals surface area (Å²) in [6.07, 6.45) is 0.705. The number of carbonyl (C=O) groups is 1. The van der Waals surface area contributed by atoms with Crippen LogP contribution in [0.3, 0.4) is 0 Å². The quantitative estimate of drug-likeness (QED) is 0.835. The lowest BCUT2D eigenvalue weighted by Crippen LogP contribution is -2.44. The highest BCUT2D eigenvalue weighted by atomic mass is 35.5. The molecule has 0 aliphatic heterocycles. The molecule has 0 heterocycles. The van der Waals surface area contributed by atoms with Crippen LogP contribution in [0.4, 0.5) is 4.39 Å². The molecule has 0 saturated heterocycles. The van der Waals surface area contributed by atoms with Gasteiger partial charge in [-0.3, -0.25) is 4.79 Å². The number of nitrogens with one attached hydrogen (secondary N) is 1. The van der Waals surface area contributed by atoms with Crippen molar-refractivity contribution in [3.8, 4) is 0 Å². The fourth-order valence-electron chi connectivity index (χ4n) is 1.95. The molecule has 4 heteroatoms. The van der Waals surface area contributed by atoms with E-state index < -0.39 is 0 Å².